The predicted molar refractivity (Wildman–Crippen MR) is 76.7 cm³/mol. The molecule has 1 N–H and O–H groups in total. The molecule has 0 spiro atoms. The molecule has 0 aliphatic heterocycles. The van der Waals surface area contributed by atoms with Crippen molar-refractivity contribution in [3.8, 4) is 0 Å². The zero-order chi connectivity index (χ0) is 13.6. The van der Waals surface area contributed by atoms with Crippen LogP contribution < -0.4 is 0 Å². The van der Waals surface area contributed by atoms with Crippen molar-refractivity contribution in [3.05, 3.63) is 46.2 Å². The Morgan fingerprint density at radius 1 is 1.44 bits per heavy atom. The van der Waals surface area contributed by atoms with Crippen LogP contribution in [0, 0.1) is 0 Å². The van der Waals surface area contributed by atoms with E-state index in [1.165, 1.54) is 18.3 Å². The molecule has 0 aliphatic carbocycles. The fourth-order valence-electron chi connectivity index (χ4n) is 1.80. The third kappa shape index (κ3) is 2.98. The van der Waals surface area contributed by atoms with Gasteiger partial charge in [0.05, 0.1) is 0 Å². The van der Waals surface area contributed by atoms with Crippen molar-refractivity contribution in [2.75, 3.05) is 0 Å². The summed E-state index contributed by atoms with van der Waals surface area (Å²) in [6, 6.07) is 3.65. The Hall–Kier alpha value is -1.19. The first-order chi connectivity index (χ1) is 8.57. The Kier molecular flexibility index (Phi) is 5.51. The van der Waals surface area contributed by atoms with E-state index in [1.807, 2.05) is 43.5 Å². The topological polar surface area (TPSA) is 37.3 Å². The number of carbonyl (C=O) groups excluding carboxylic acids is 1. The second-order valence-corrected chi connectivity index (χ2v) is 5.07. The number of aliphatic hydroxyl groups is 1. The van der Waals surface area contributed by atoms with Crippen LogP contribution in [0.5, 0.6) is 0 Å². The van der Waals surface area contributed by atoms with Gasteiger partial charge < -0.3 is 5.11 Å². The van der Waals surface area contributed by atoms with E-state index >= 15 is 0 Å². The maximum atomic E-state index is 11.9. The molecule has 0 aliphatic rings. The normalized spacial score (nSPS) is 15.9. The number of hydrogen-bond donors (Lipinski definition) is 1. The predicted octanol–water partition coefficient (Wildman–Crippen LogP) is 3.83. The van der Waals surface area contributed by atoms with Crippen molar-refractivity contribution in [1.29, 1.82) is 0 Å². The van der Waals surface area contributed by atoms with Gasteiger partial charge in [-0.05, 0) is 36.8 Å². The van der Waals surface area contributed by atoms with Crippen LogP contribution in [0.3, 0.4) is 0 Å². The van der Waals surface area contributed by atoms with Gasteiger partial charge in [0.15, 0.2) is 11.4 Å². The average molecular weight is 264 g/mol. The van der Waals surface area contributed by atoms with E-state index in [1.54, 1.807) is 6.07 Å². The lowest BCUT2D eigenvalue weighted by atomic mass is 9.87. The number of rotatable bonds is 6. The number of ketones is 1. The first-order valence-corrected chi connectivity index (χ1v) is 7.09. The molecular formula is C15H20O2S. The summed E-state index contributed by atoms with van der Waals surface area (Å²) in [5, 5.41) is 12.7. The van der Waals surface area contributed by atoms with Gasteiger partial charge >= 0.3 is 0 Å². The Morgan fingerprint density at radius 2 is 2.17 bits per heavy atom. The second kappa shape index (κ2) is 6.66. The zero-order valence-corrected chi connectivity index (χ0v) is 12.0. The van der Waals surface area contributed by atoms with Crippen LogP contribution in [-0.4, -0.2) is 10.9 Å². The molecule has 0 bridgehead atoms. The summed E-state index contributed by atoms with van der Waals surface area (Å²) in [4.78, 5) is 12.6. The second-order valence-electron chi connectivity index (χ2n) is 4.12. The summed E-state index contributed by atoms with van der Waals surface area (Å²) in [6.07, 6.45) is 7.38. The molecule has 0 saturated heterocycles. The molecule has 1 aromatic rings. The quantitative estimate of drug-likeness (QED) is 0.793. The molecule has 98 valence electrons. The number of Topliss-reactive ketones (excluding diaryl/α,β-unsaturated/α-hetero) is 1. The molecule has 1 unspecified atom stereocenters. The first-order valence-electron chi connectivity index (χ1n) is 6.21. The Balaban J connectivity index is 3.29. The molecule has 0 fully saturated rings. The molecule has 1 rings (SSSR count). The van der Waals surface area contributed by atoms with Crippen LogP contribution in [0.1, 0.15) is 38.5 Å². The number of allylic oxidation sites excluding steroid dienone is 2. The van der Waals surface area contributed by atoms with Gasteiger partial charge in [0.25, 0.3) is 0 Å². The summed E-state index contributed by atoms with van der Waals surface area (Å²) >= 11 is 1.40. The van der Waals surface area contributed by atoms with Crippen molar-refractivity contribution >= 4 is 17.1 Å². The van der Waals surface area contributed by atoms with Crippen LogP contribution in [-0.2, 0) is 10.4 Å². The molecule has 1 atom stereocenters. The van der Waals surface area contributed by atoms with Crippen LogP contribution in [0.15, 0.2) is 41.3 Å². The number of carbonyl (C=O) groups is 1. The van der Waals surface area contributed by atoms with Gasteiger partial charge in [0.2, 0.25) is 0 Å². The third-order valence-electron chi connectivity index (χ3n) is 2.76. The highest BCUT2D eigenvalue weighted by Crippen LogP contribution is 2.34. The smallest absolute Gasteiger partial charge is 0.182 e. The van der Waals surface area contributed by atoms with Crippen molar-refractivity contribution in [1.82, 2.24) is 0 Å². The van der Waals surface area contributed by atoms with E-state index in [-0.39, 0.29) is 5.78 Å². The SMILES string of the molecule is CC/C=C\C(=C/CC)C(O)(C(C)=O)c1cccs1. The van der Waals surface area contributed by atoms with E-state index in [2.05, 4.69) is 0 Å². The molecular weight excluding hydrogens is 244 g/mol. The highest BCUT2D eigenvalue weighted by molar-refractivity contribution is 7.10. The van der Waals surface area contributed by atoms with E-state index in [0.717, 1.165) is 12.8 Å². The van der Waals surface area contributed by atoms with Gasteiger partial charge in [-0.2, -0.15) is 0 Å². The monoisotopic (exact) mass is 264 g/mol. The van der Waals surface area contributed by atoms with E-state index < -0.39 is 5.60 Å². The lowest BCUT2D eigenvalue weighted by molar-refractivity contribution is -0.131. The molecule has 1 aromatic heterocycles. The molecule has 3 heteroatoms. The van der Waals surface area contributed by atoms with Crippen LogP contribution in [0.2, 0.25) is 0 Å². The van der Waals surface area contributed by atoms with Gasteiger partial charge in [-0.15, -0.1) is 11.3 Å². The highest BCUT2D eigenvalue weighted by Gasteiger charge is 2.38. The fraction of sp³-hybridized carbons (Fsp3) is 0.400. The summed E-state index contributed by atoms with van der Waals surface area (Å²) in [7, 11) is 0. The van der Waals surface area contributed by atoms with E-state index in [4.69, 9.17) is 0 Å². The highest BCUT2D eigenvalue weighted by atomic mass is 32.1. The van der Waals surface area contributed by atoms with Crippen LogP contribution in [0.25, 0.3) is 0 Å². The van der Waals surface area contributed by atoms with Gasteiger partial charge in [0, 0.05) is 4.88 Å². The van der Waals surface area contributed by atoms with Gasteiger partial charge in [0.1, 0.15) is 0 Å². The molecule has 0 amide bonds. The molecule has 1 heterocycles. The minimum atomic E-state index is -1.50. The Bertz CT molecular complexity index is 443. The summed E-state index contributed by atoms with van der Waals surface area (Å²) in [6.45, 7) is 5.45. The van der Waals surface area contributed by atoms with E-state index in [9.17, 15) is 9.90 Å². The van der Waals surface area contributed by atoms with Crippen molar-refractivity contribution in [3.63, 3.8) is 0 Å². The summed E-state index contributed by atoms with van der Waals surface area (Å²) < 4.78 is 0. The third-order valence-corrected chi connectivity index (χ3v) is 3.74. The van der Waals surface area contributed by atoms with E-state index in [0.29, 0.717) is 10.5 Å². The number of thiophene rings is 1. The van der Waals surface area contributed by atoms with Gasteiger partial charge in [-0.1, -0.05) is 38.1 Å². The zero-order valence-electron chi connectivity index (χ0n) is 11.1. The minimum absolute atomic E-state index is 0.245. The molecule has 0 saturated carbocycles. The lowest BCUT2D eigenvalue weighted by Gasteiger charge is -2.25. The lowest BCUT2D eigenvalue weighted by Crippen LogP contribution is -2.34. The molecule has 18 heavy (non-hydrogen) atoms. The van der Waals surface area contributed by atoms with Gasteiger partial charge in [-0.3, -0.25) is 4.79 Å². The molecule has 0 aromatic carbocycles. The molecule has 0 radical (unpaired) electrons. The van der Waals surface area contributed by atoms with Crippen molar-refractivity contribution in [2.45, 2.75) is 39.2 Å². The van der Waals surface area contributed by atoms with Crippen molar-refractivity contribution in [2.24, 2.45) is 0 Å². The van der Waals surface area contributed by atoms with Gasteiger partial charge in [-0.25, -0.2) is 0 Å². The first kappa shape index (κ1) is 14.9. The van der Waals surface area contributed by atoms with Crippen molar-refractivity contribution < 1.29 is 9.90 Å². The van der Waals surface area contributed by atoms with Crippen LogP contribution in [0.4, 0.5) is 0 Å². The number of hydrogen-bond acceptors (Lipinski definition) is 3. The Morgan fingerprint density at radius 3 is 2.61 bits per heavy atom. The fourth-order valence-corrected chi connectivity index (χ4v) is 2.70. The standard InChI is InChI=1S/C15H20O2S/c1-4-6-9-13(8-5-2)15(17,12(3)16)14-10-7-11-18-14/h6-11,17H,4-5H2,1-3H3/b9-6-,13-8+. The summed E-state index contributed by atoms with van der Waals surface area (Å²) in [5.41, 5.74) is -0.836. The molecule has 2 nitrogen and oxygen atoms in total. The van der Waals surface area contributed by atoms with Crippen LogP contribution >= 0.6 is 11.3 Å². The maximum absolute atomic E-state index is 11.9. The Labute approximate surface area is 113 Å². The maximum Gasteiger partial charge on any atom is 0.182 e. The largest absolute Gasteiger partial charge is 0.373 e. The minimum Gasteiger partial charge on any atom is -0.373 e. The average Bonchev–Trinajstić information content (AvgIpc) is 2.87. The summed E-state index contributed by atoms with van der Waals surface area (Å²) in [5.74, 6) is -0.245.